The van der Waals surface area contributed by atoms with E-state index < -0.39 is 0 Å². The number of hydrogen-bond donors (Lipinski definition) is 0. The van der Waals surface area contributed by atoms with Crippen LogP contribution in [0.4, 0.5) is 5.69 Å². The van der Waals surface area contributed by atoms with Gasteiger partial charge in [-0.25, -0.2) is 4.90 Å². The highest BCUT2D eigenvalue weighted by atomic mass is 32.2. The molecule has 0 fully saturated rings. The third-order valence-corrected chi connectivity index (χ3v) is 6.04. The van der Waals surface area contributed by atoms with E-state index in [4.69, 9.17) is 13.9 Å². The Bertz CT molecular complexity index is 1150. The summed E-state index contributed by atoms with van der Waals surface area (Å²) in [4.78, 5) is 28.4. The summed E-state index contributed by atoms with van der Waals surface area (Å²) in [6, 6.07) is 16.2. The molecule has 1 aromatic heterocycles. The largest absolute Gasteiger partial charge is 0.493 e. The lowest BCUT2D eigenvalue weighted by Crippen LogP contribution is -2.31. The molecular formula is C24H21NO5S. The van der Waals surface area contributed by atoms with Gasteiger partial charge in [-0.15, -0.1) is 11.8 Å². The molecule has 0 aliphatic carbocycles. The first-order valence-corrected chi connectivity index (χ1v) is 10.6. The number of nitrogens with zero attached hydrogens (tertiary/aromatic N) is 1. The van der Waals surface area contributed by atoms with E-state index in [0.29, 0.717) is 39.0 Å². The zero-order chi connectivity index (χ0) is 22.0. The van der Waals surface area contributed by atoms with Gasteiger partial charge in [0.25, 0.3) is 11.8 Å². The van der Waals surface area contributed by atoms with Crippen molar-refractivity contribution in [2.24, 2.45) is 0 Å². The van der Waals surface area contributed by atoms with Gasteiger partial charge in [-0.2, -0.15) is 0 Å². The van der Waals surface area contributed by atoms with Crippen LogP contribution in [-0.4, -0.2) is 26.0 Å². The van der Waals surface area contributed by atoms with E-state index in [-0.39, 0.29) is 11.8 Å². The molecule has 0 bridgehead atoms. The van der Waals surface area contributed by atoms with E-state index in [1.807, 2.05) is 37.3 Å². The summed E-state index contributed by atoms with van der Waals surface area (Å²) in [5.41, 5.74) is 2.58. The summed E-state index contributed by atoms with van der Waals surface area (Å²) in [5.74, 6) is 1.38. The van der Waals surface area contributed by atoms with E-state index >= 15 is 0 Å². The maximum atomic E-state index is 13.5. The molecule has 31 heavy (non-hydrogen) atoms. The standard InChI is InChI=1S/C24H21NO5S/c1-15-6-8-16(9-7-15)21-22(31-14-18-5-4-12-30-18)24(27)25(23(21)26)17-10-11-19(28-2)20(13-17)29-3/h4-13H,14H2,1-3H3. The molecule has 2 heterocycles. The molecule has 4 rings (SSSR count). The normalized spacial score (nSPS) is 13.8. The van der Waals surface area contributed by atoms with Crippen LogP contribution in [0.5, 0.6) is 11.5 Å². The Morgan fingerprint density at radius 2 is 1.68 bits per heavy atom. The fraction of sp³-hybridized carbons (Fsp3) is 0.167. The smallest absolute Gasteiger partial charge is 0.272 e. The van der Waals surface area contributed by atoms with E-state index in [1.54, 1.807) is 30.5 Å². The minimum Gasteiger partial charge on any atom is -0.493 e. The Kier molecular flexibility index (Phi) is 5.86. The van der Waals surface area contributed by atoms with Crippen molar-refractivity contribution >= 4 is 34.8 Å². The van der Waals surface area contributed by atoms with E-state index in [2.05, 4.69) is 0 Å². The molecule has 0 radical (unpaired) electrons. The van der Waals surface area contributed by atoms with Crippen LogP contribution in [0.3, 0.4) is 0 Å². The molecule has 2 aromatic carbocycles. The zero-order valence-electron chi connectivity index (χ0n) is 17.4. The number of hydrogen-bond acceptors (Lipinski definition) is 6. The number of furan rings is 1. The van der Waals surface area contributed by atoms with Crippen molar-refractivity contribution in [1.82, 2.24) is 0 Å². The van der Waals surface area contributed by atoms with Crippen LogP contribution >= 0.6 is 11.8 Å². The number of thioether (sulfide) groups is 1. The minimum absolute atomic E-state index is 0.371. The number of aryl methyl sites for hydroxylation is 1. The second-order valence-corrected chi connectivity index (χ2v) is 7.91. The molecule has 1 aliphatic heterocycles. The minimum atomic E-state index is -0.372. The fourth-order valence-electron chi connectivity index (χ4n) is 3.35. The predicted octanol–water partition coefficient (Wildman–Crippen LogP) is 4.82. The third kappa shape index (κ3) is 3.96. The van der Waals surface area contributed by atoms with E-state index in [9.17, 15) is 9.59 Å². The van der Waals surface area contributed by atoms with Gasteiger partial charge in [0.05, 0.1) is 42.4 Å². The van der Waals surface area contributed by atoms with Gasteiger partial charge < -0.3 is 13.9 Å². The first-order valence-electron chi connectivity index (χ1n) is 9.60. The van der Waals surface area contributed by atoms with Crippen molar-refractivity contribution in [2.45, 2.75) is 12.7 Å². The highest BCUT2D eigenvalue weighted by Crippen LogP contribution is 2.41. The monoisotopic (exact) mass is 435 g/mol. The maximum Gasteiger partial charge on any atom is 0.272 e. The lowest BCUT2D eigenvalue weighted by atomic mass is 10.0. The molecule has 0 atom stereocenters. The molecule has 0 saturated carbocycles. The van der Waals surface area contributed by atoms with Crippen LogP contribution < -0.4 is 14.4 Å². The molecule has 7 heteroatoms. The summed E-state index contributed by atoms with van der Waals surface area (Å²) in [7, 11) is 3.04. The first kappa shape index (κ1) is 20.8. The van der Waals surface area contributed by atoms with Gasteiger partial charge in [0.1, 0.15) is 5.76 Å². The number of carbonyl (C=O) groups excluding carboxylic acids is 2. The third-order valence-electron chi connectivity index (χ3n) is 4.95. The molecule has 0 unspecified atom stereocenters. The quantitative estimate of drug-likeness (QED) is 0.496. The highest BCUT2D eigenvalue weighted by Gasteiger charge is 2.40. The summed E-state index contributed by atoms with van der Waals surface area (Å²) < 4.78 is 16.0. The average molecular weight is 436 g/mol. The van der Waals surface area contributed by atoms with E-state index in [1.165, 1.54) is 30.9 Å². The van der Waals surface area contributed by atoms with Crippen molar-refractivity contribution in [2.75, 3.05) is 19.1 Å². The lowest BCUT2D eigenvalue weighted by Gasteiger charge is -2.17. The summed E-state index contributed by atoms with van der Waals surface area (Å²) in [5, 5.41) is 0. The van der Waals surface area contributed by atoms with Gasteiger partial charge in [0, 0.05) is 6.07 Å². The highest BCUT2D eigenvalue weighted by molar-refractivity contribution is 8.03. The molecule has 6 nitrogen and oxygen atoms in total. The number of benzene rings is 2. The molecule has 158 valence electrons. The number of rotatable bonds is 7. The maximum absolute atomic E-state index is 13.5. The topological polar surface area (TPSA) is 69.0 Å². The molecule has 0 spiro atoms. The Morgan fingerprint density at radius 1 is 0.935 bits per heavy atom. The lowest BCUT2D eigenvalue weighted by molar-refractivity contribution is -0.119. The number of carbonyl (C=O) groups is 2. The van der Waals surface area contributed by atoms with Crippen LogP contribution in [0.15, 0.2) is 70.2 Å². The Morgan fingerprint density at radius 3 is 2.32 bits per heavy atom. The van der Waals surface area contributed by atoms with Crippen LogP contribution in [0, 0.1) is 6.92 Å². The Balaban J connectivity index is 1.75. The molecule has 0 N–H and O–H groups in total. The van der Waals surface area contributed by atoms with Crippen molar-refractivity contribution in [3.63, 3.8) is 0 Å². The Labute approximate surface area is 184 Å². The second-order valence-electron chi connectivity index (χ2n) is 6.92. The number of ether oxygens (including phenoxy) is 2. The molecule has 2 amide bonds. The number of amides is 2. The molecular weight excluding hydrogens is 414 g/mol. The summed E-state index contributed by atoms with van der Waals surface area (Å²) in [6.07, 6.45) is 1.59. The van der Waals surface area contributed by atoms with Gasteiger partial charge in [0.2, 0.25) is 0 Å². The van der Waals surface area contributed by atoms with Crippen LogP contribution in [0.1, 0.15) is 16.9 Å². The van der Waals surface area contributed by atoms with Gasteiger partial charge in [0.15, 0.2) is 11.5 Å². The molecule has 1 aliphatic rings. The number of imide groups is 1. The molecule has 3 aromatic rings. The number of anilines is 1. The van der Waals surface area contributed by atoms with Crippen LogP contribution in [0.25, 0.3) is 5.57 Å². The van der Waals surface area contributed by atoms with Gasteiger partial charge in [-0.3, -0.25) is 9.59 Å². The Hall–Kier alpha value is -3.45. The van der Waals surface area contributed by atoms with Crippen LogP contribution in [0.2, 0.25) is 0 Å². The van der Waals surface area contributed by atoms with Gasteiger partial charge in [-0.1, -0.05) is 29.8 Å². The zero-order valence-corrected chi connectivity index (χ0v) is 18.2. The molecule has 0 saturated heterocycles. The van der Waals surface area contributed by atoms with Crippen LogP contribution in [-0.2, 0) is 15.3 Å². The van der Waals surface area contributed by atoms with E-state index in [0.717, 1.165) is 11.3 Å². The van der Waals surface area contributed by atoms with Gasteiger partial charge in [-0.05, 0) is 36.8 Å². The number of methoxy groups -OCH3 is 2. The predicted molar refractivity (Wildman–Crippen MR) is 120 cm³/mol. The average Bonchev–Trinajstić information content (AvgIpc) is 3.38. The van der Waals surface area contributed by atoms with Crippen molar-refractivity contribution in [3.8, 4) is 11.5 Å². The SMILES string of the molecule is COc1ccc(N2C(=O)C(SCc3ccco3)=C(c3ccc(C)cc3)C2=O)cc1OC. The fourth-order valence-corrected chi connectivity index (χ4v) is 4.37. The van der Waals surface area contributed by atoms with Gasteiger partial charge >= 0.3 is 0 Å². The van der Waals surface area contributed by atoms with Crippen molar-refractivity contribution in [3.05, 3.63) is 82.7 Å². The van der Waals surface area contributed by atoms with Crippen molar-refractivity contribution in [1.29, 1.82) is 0 Å². The first-order chi connectivity index (χ1) is 15.0. The van der Waals surface area contributed by atoms with Crippen molar-refractivity contribution < 1.29 is 23.5 Å². The second kappa shape index (κ2) is 8.73. The summed E-state index contributed by atoms with van der Waals surface area (Å²) in [6.45, 7) is 1.97. The summed E-state index contributed by atoms with van der Waals surface area (Å²) >= 11 is 1.29.